The second kappa shape index (κ2) is 7.60. The summed E-state index contributed by atoms with van der Waals surface area (Å²) >= 11 is 0. The highest BCUT2D eigenvalue weighted by Gasteiger charge is 2.25. The fraction of sp³-hybridized carbons (Fsp3) is 0.611. The van der Waals surface area contributed by atoms with Gasteiger partial charge in [-0.1, -0.05) is 57.4 Å². The number of hydrogen-bond donors (Lipinski definition) is 1. The van der Waals surface area contributed by atoms with Gasteiger partial charge < -0.3 is 4.74 Å². The quantitative estimate of drug-likeness (QED) is 0.834. The third-order valence-electron chi connectivity index (χ3n) is 4.38. The van der Waals surface area contributed by atoms with Crippen LogP contribution in [0, 0.1) is 0 Å². The molecule has 0 aromatic heterocycles. The molecule has 1 aromatic rings. The topological polar surface area (TPSA) is 38.3 Å². The Hall–Kier alpha value is -1.35. The van der Waals surface area contributed by atoms with Crippen LogP contribution in [0.5, 0.6) is 0 Å². The van der Waals surface area contributed by atoms with Gasteiger partial charge in [0.25, 0.3) is 0 Å². The monoisotopic (exact) mass is 289 g/mol. The number of carbonyl (C=O) groups is 1. The van der Waals surface area contributed by atoms with E-state index in [1.54, 1.807) is 0 Å². The van der Waals surface area contributed by atoms with Gasteiger partial charge in [0.2, 0.25) is 0 Å². The van der Waals surface area contributed by atoms with E-state index in [9.17, 15) is 4.79 Å². The summed E-state index contributed by atoms with van der Waals surface area (Å²) in [5, 5.41) is 3.50. The molecular formula is C18H27NO2. The van der Waals surface area contributed by atoms with Gasteiger partial charge in [0, 0.05) is 6.04 Å². The summed E-state index contributed by atoms with van der Waals surface area (Å²) in [5.41, 5.74) is 2.29. The first-order valence-corrected chi connectivity index (χ1v) is 8.05. The summed E-state index contributed by atoms with van der Waals surface area (Å²) in [6.45, 7) is 4.35. The Morgan fingerprint density at radius 1 is 1.10 bits per heavy atom. The van der Waals surface area contributed by atoms with E-state index in [0.29, 0.717) is 12.0 Å². The van der Waals surface area contributed by atoms with E-state index < -0.39 is 0 Å². The molecule has 0 aliphatic heterocycles. The Bertz CT molecular complexity index is 447. The lowest BCUT2D eigenvalue weighted by molar-refractivity contribution is -0.143. The van der Waals surface area contributed by atoms with Gasteiger partial charge in [-0.25, -0.2) is 4.79 Å². The molecular weight excluding hydrogens is 262 g/mol. The van der Waals surface area contributed by atoms with E-state index in [1.807, 2.05) is 12.1 Å². The van der Waals surface area contributed by atoms with Crippen molar-refractivity contribution in [2.45, 2.75) is 64.0 Å². The molecule has 1 N–H and O–H groups in total. The molecule has 1 aromatic carbocycles. The first-order chi connectivity index (χ1) is 10.1. The van der Waals surface area contributed by atoms with Crippen molar-refractivity contribution in [3.8, 4) is 0 Å². The average Bonchev–Trinajstić information content (AvgIpc) is 2.53. The third kappa shape index (κ3) is 4.31. The Balaban J connectivity index is 2.12. The number of nitrogens with one attached hydrogen (secondary N) is 1. The summed E-state index contributed by atoms with van der Waals surface area (Å²) in [5.74, 6) is 0.305. The van der Waals surface area contributed by atoms with Crippen LogP contribution in [0.1, 0.15) is 69.0 Å². The van der Waals surface area contributed by atoms with Crippen molar-refractivity contribution in [1.82, 2.24) is 5.32 Å². The van der Waals surface area contributed by atoms with Crippen molar-refractivity contribution in [1.29, 1.82) is 0 Å². The minimum absolute atomic E-state index is 0.196. The van der Waals surface area contributed by atoms with Crippen LogP contribution in [0.15, 0.2) is 24.3 Å². The van der Waals surface area contributed by atoms with Crippen LogP contribution < -0.4 is 5.32 Å². The Morgan fingerprint density at radius 2 is 1.67 bits per heavy atom. The van der Waals surface area contributed by atoms with Crippen LogP contribution in [-0.4, -0.2) is 19.1 Å². The van der Waals surface area contributed by atoms with Gasteiger partial charge in [-0.2, -0.15) is 0 Å². The van der Waals surface area contributed by atoms with Gasteiger partial charge in [-0.3, -0.25) is 5.32 Å². The molecule has 0 saturated heterocycles. The molecule has 21 heavy (non-hydrogen) atoms. The average molecular weight is 289 g/mol. The van der Waals surface area contributed by atoms with E-state index >= 15 is 0 Å². The number of carbonyl (C=O) groups excluding carboxylic acids is 1. The van der Waals surface area contributed by atoms with Gasteiger partial charge in [0.05, 0.1) is 7.11 Å². The molecule has 1 saturated carbocycles. The van der Waals surface area contributed by atoms with Crippen molar-refractivity contribution < 1.29 is 9.53 Å². The molecule has 0 amide bonds. The number of esters is 1. The second-order valence-corrected chi connectivity index (χ2v) is 6.28. The zero-order valence-corrected chi connectivity index (χ0v) is 13.4. The molecule has 1 aliphatic carbocycles. The summed E-state index contributed by atoms with van der Waals surface area (Å²) in [6.07, 6.45) is 6.11. The van der Waals surface area contributed by atoms with Crippen molar-refractivity contribution in [2.24, 2.45) is 0 Å². The van der Waals surface area contributed by atoms with Crippen LogP contribution in [0.3, 0.4) is 0 Å². The van der Waals surface area contributed by atoms with Gasteiger partial charge in [-0.05, 0) is 29.9 Å². The maximum atomic E-state index is 12.1. The largest absolute Gasteiger partial charge is 0.468 e. The van der Waals surface area contributed by atoms with Crippen molar-refractivity contribution in [3.05, 3.63) is 35.4 Å². The summed E-state index contributed by atoms with van der Waals surface area (Å²) in [4.78, 5) is 12.1. The number of rotatable bonds is 5. The standard InChI is InChI=1S/C18H27NO2/c1-13(2)14-9-11-15(12-10-14)17(18(20)21-3)19-16-7-5-4-6-8-16/h9-13,16-17,19H,4-8H2,1-3H3. The normalized spacial score (nSPS) is 17.7. The molecule has 0 radical (unpaired) electrons. The molecule has 3 nitrogen and oxygen atoms in total. The molecule has 0 heterocycles. The maximum Gasteiger partial charge on any atom is 0.327 e. The molecule has 116 valence electrons. The highest BCUT2D eigenvalue weighted by Crippen LogP contribution is 2.24. The van der Waals surface area contributed by atoms with E-state index in [2.05, 4.69) is 31.3 Å². The van der Waals surface area contributed by atoms with Gasteiger partial charge in [0.1, 0.15) is 6.04 Å². The fourth-order valence-electron chi connectivity index (χ4n) is 3.00. The summed E-state index contributed by atoms with van der Waals surface area (Å²) < 4.78 is 4.98. The highest BCUT2D eigenvalue weighted by atomic mass is 16.5. The predicted octanol–water partition coefficient (Wildman–Crippen LogP) is 3.95. The SMILES string of the molecule is COC(=O)C(NC1CCCCC1)c1ccc(C(C)C)cc1. The number of hydrogen-bond acceptors (Lipinski definition) is 3. The van der Waals surface area contributed by atoms with Crippen molar-refractivity contribution in [2.75, 3.05) is 7.11 Å². The van der Waals surface area contributed by atoms with Gasteiger partial charge in [0.15, 0.2) is 0 Å². The highest BCUT2D eigenvalue weighted by molar-refractivity contribution is 5.77. The smallest absolute Gasteiger partial charge is 0.327 e. The lowest BCUT2D eigenvalue weighted by Crippen LogP contribution is -2.38. The Morgan fingerprint density at radius 3 is 2.19 bits per heavy atom. The predicted molar refractivity (Wildman–Crippen MR) is 85.3 cm³/mol. The van der Waals surface area contributed by atoms with E-state index in [-0.39, 0.29) is 12.0 Å². The number of methoxy groups -OCH3 is 1. The Labute approximate surface area is 128 Å². The maximum absolute atomic E-state index is 12.1. The number of ether oxygens (including phenoxy) is 1. The number of benzene rings is 1. The Kier molecular flexibility index (Phi) is 5.80. The first kappa shape index (κ1) is 16.0. The van der Waals surface area contributed by atoms with Crippen LogP contribution in [0.2, 0.25) is 0 Å². The molecule has 3 heteroatoms. The summed E-state index contributed by atoms with van der Waals surface area (Å²) in [7, 11) is 1.46. The molecule has 1 aliphatic rings. The summed E-state index contributed by atoms with van der Waals surface area (Å²) in [6, 6.07) is 8.39. The van der Waals surface area contributed by atoms with E-state index in [0.717, 1.165) is 18.4 Å². The molecule has 0 bridgehead atoms. The van der Waals surface area contributed by atoms with Gasteiger partial charge >= 0.3 is 5.97 Å². The third-order valence-corrected chi connectivity index (χ3v) is 4.38. The molecule has 1 fully saturated rings. The second-order valence-electron chi connectivity index (χ2n) is 6.28. The van der Waals surface area contributed by atoms with Crippen LogP contribution >= 0.6 is 0 Å². The minimum atomic E-state index is -0.348. The molecule has 1 atom stereocenters. The molecule has 1 unspecified atom stereocenters. The van der Waals surface area contributed by atoms with Crippen molar-refractivity contribution >= 4 is 5.97 Å². The lowest BCUT2D eigenvalue weighted by Gasteiger charge is -2.27. The molecule has 0 spiro atoms. The van der Waals surface area contributed by atoms with E-state index in [1.165, 1.54) is 31.9 Å². The van der Waals surface area contributed by atoms with Crippen molar-refractivity contribution in [3.63, 3.8) is 0 Å². The minimum Gasteiger partial charge on any atom is -0.468 e. The van der Waals surface area contributed by atoms with Gasteiger partial charge in [-0.15, -0.1) is 0 Å². The van der Waals surface area contributed by atoms with Crippen LogP contribution in [0.25, 0.3) is 0 Å². The zero-order valence-electron chi connectivity index (χ0n) is 13.4. The van der Waals surface area contributed by atoms with Crippen LogP contribution in [-0.2, 0) is 9.53 Å². The zero-order chi connectivity index (χ0) is 15.2. The fourth-order valence-corrected chi connectivity index (χ4v) is 3.00. The lowest BCUT2D eigenvalue weighted by atomic mass is 9.93. The first-order valence-electron chi connectivity index (χ1n) is 8.05. The van der Waals surface area contributed by atoms with E-state index in [4.69, 9.17) is 4.74 Å². The molecule has 2 rings (SSSR count). The van der Waals surface area contributed by atoms with Crippen LogP contribution in [0.4, 0.5) is 0 Å².